The Morgan fingerprint density at radius 3 is 2.67 bits per heavy atom. The van der Waals surface area contributed by atoms with Gasteiger partial charge in [-0.1, -0.05) is 22.5 Å². The molecule has 0 aliphatic carbocycles. The molecule has 0 bridgehead atoms. The molecule has 3 aromatic rings. The van der Waals surface area contributed by atoms with Gasteiger partial charge >= 0.3 is 11.3 Å². The van der Waals surface area contributed by atoms with Gasteiger partial charge in [0, 0.05) is 12.1 Å². The molecule has 14 heteroatoms. The second-order valence-electron chi connectivity index (χ2n) is 6.63. The normalized spacial score (nSPS) is 10.3. The summed E-state index contributed by atoms with van der Waals surface area (Å²) < 4.78 is 5.90. The highest BCUT2D eigenvalue weighted by Crippen LogP contribution is 2.33. The molecule has 3 rings (SSSR count). The summed E-state index contributed by atoms with van der Waals surface area (Å²) in [6, 6.07) is 7.81. The Bertz CT molecular complexity index is 1430. The molecule has 0 atom stereocenters. The average molecular weight is 467 g/mol. The summed E-state index contributed by atoms with van der Waals surface area (Å²) in [5.74, 6) is -0.988. The lowest BCUT2D eigenvalue weighted by Crippen LogP contribution is -2.34. The first-order valence-electron chi connectivity index (χ1n) is 9.07. The van der Waals surface area contributed by atoms with Crippen LogP contribution in [0.3, 0.4) is 0 Å². The quantitative estimate of drug-likeness (QED) is 0.203. The molecule has 0 saturated carbocycles. The number of benzene rings is 1. The van der Waals surface area contributed by atoms with Gasteiger partial charge < -0.3 is 11.1 Å². The Balaban J connectivity index is 1.94. The average Bonchev–Trinajstić information content (AvgIpc) is 3.10. The number of nitro groups is 1. The van der Waals surface area contributed by atoms with Crippen molar-refractivity contribution in [2.45, 2.75) is 11.9 Å². The molecule has 0 saturated heterocycles. The minimum atomic E-state index is -0.828. The summed E-state index contributed by atoms with van der Waals surface area (Å²) in [6.07, 6.45) is 0. The number of nitro benzene ring substituents is 1. The highest BCUT2D eigenvalue weighted by atomic mass is 32.2. The molecule has 166 valence electrons. The Labute approximate surface area is 189 Å². The summed E-state index contributed by atoms with van der Waals surface area (Å²) in [5.41, 5.74) is 5.26. The highest BCUT2D eigenvalue weighted by Gasteiger charge is 2.31. The predicted molar refractivity (Wildman–Crippen MR) is 115 cm³/mol. The van der Waals surface area contributed by atoms with E-state index in [0.717, 1.165) is 11.8 Å². The van der Waals surface area contributed by atoms with Crippen molar-refractivity contribution >= 4 is 34.9 Å². The summed E-state index contributed by atoms with van der Waals surface area (Å²) in [5, 5.41) is 35.1. The van der Waals surface area contributed by atoms with E-state index in [1.54, 1.807) is 6.92 Å². The number of thioether (sulfide) groups is 1. The van der Waals surface area contributed by atoms with Crippen LogP contribution in [-0.2, 0) is 11.8 Å². The number of carbonyl (C=O) groups excluding carboxylic acids is 1. The van der Waals surface area contributed by atoms with Crippen molar-refractivity contribution < 1.29 is 18.9 Å². The molecule has 0 aliphatic rings. The van der Waals surface area contributed by atoms with Crippen LogP contribution in [0.5, 0.6) is 0 Å². The number of aromatic amines is 1. The van der Waals surface area contributed by atoms with Gasteiger partial charge in [0.25, 0.3) is 5.69 Å². The van der Waals surface area contributed by atoms with Crippen molar-refractivity contribution in [3.8, 4) is 23.4 Å². The van der Waals surface area contributed by atoms with Crippen LogP contribution in [0.1, 0.15) is 16.7 Å². The lowest BCUT2D eigenvalue weighted by atomic mass is 10.0. The minimum absolute atomic E-state index is 0.0236. The number of aryl methyl sites for hydroxylation is 2. The molecule has 2 aromatic heterocycles. The smallest absolute Gasteiger partial charge is 0.383 e. The van der Waals surface area contributed by atoms with Gasteiger partial charge in [0.2, 0.25) is 5.91 Å². The molecule has 0 spiro atoms. The zero-order valence-electron chi connectivity index (χ0n) is 17.2. The summed E-state index contributed by atoms with van der Waals surface area (Å²) in [6.45, 7) is 1.68. The second kappa shape index (κ2) is 9.21. The van der Waals surface area contributed by atoms with E-state index in [1.165, 1.54) is 29.9 Å². The minimum Gasteiger partial charge on any atom is -0.383 e. The monoisotopic (exact) mass is 467 g/mol. The number of nitrogen functional groups attached to an aromatic ring is 1. The molecule has 1 amide bonds. The molecule has 0 radical (unpaired) electrons. The fourth-order valence-corrected chi connectivity index (χ4v) is 3.72. The zero-order valence-corrected chi connectivity index (χ0v) is 18.0. The number of pyridine rings is 1. The van der Waals surface area contributed by atoms with E-state index in [0.29, 0.717) is 5.56 Å². The molecule has 0 aliphatic heterocycles. The first-order chi connectivity index (χ1) is 15.7. The van der Waals surface area contributed by atoms with Gasteiger partial charge in [0.1, 0.15) is 34.1 Å². The zero-order chi connectivity index (χ0) is 24.3. The highest BCUT2D eigenvalue weighted by molar-refractivity contribution is 8.00. The molecule has 0 unspecified atom stereocenters. The third-order valence-corrected chi connectivity index (χ3v) is 5.48. The molecular weight excluding hydrogens is 452 g/mol. The van der Waals surface area contributed by atoms with Crippen molar-refractivity contribution in [2.75, 3.05) is 16.8 Å². The number of hydrogen-bond donors (Lipinski definition) is 3. The second-order valence-corrected chi connectivity index (χ2v) is 7.60. The number of nitriles is 2. The molecule has 0 fully saturated rings. The number of aromatic nitrogens is 3. The van der Waals surface area contributed by atoms with Crippen molar-refractivity contribution in [3.63, 3.8) is 0 Å². The molecule has 13 nitrogen and oxygen atoms in total. The van der Waals surface area contributed by atoms with Crippen LogP contribution in [0.15, 0.2) is 32.5 Å². The topological polar surface area (TPSA) is 209 Å². The number of rotatable bonds is 6. The number of carbonyl (C=O) groups is 1. The van der Waals surface area contributed by atoms with E-state index in [9.17, 15) is 30.2 Å². The Hall–Kier alpha value is -4.69. The third kappa shape index (κ3) is 4.51. The van der Waals surface area contributed by atoms with Crippen LogP contribution >= 0.6 is 11.8 Å². The van der Waals surface area contributed by atoms with Crippen LogP contribution < -0.4 is 21.4 Å². The maximum Gasteiger partial charge on any atom is 0.435 e. The van der Waals surface area contributed by atoms with Crippen LogP contribution in [0.2, 0.25) is 0 Å². The van der Waals surface area contributed by atoms with Gasteiger partial charge in [-0.15, -0.1) is 0 Å². The number of nitrogens with one attached hydrogen (secondary N) is 2. The van der Waals surface area contributed by atoms with E-state index >= 15 is 0 Å². The predicted octanol–water partition coefficient (Wildman–Crippen LogP) is 1.13. The van der Waals surface area contributed by atoms with Gasteiger partial charge in [-0.3, -0.25) is 19.4 Å². The summed E-state index contributed by atoms with van der Waals surface area (Å²) in [4.78, 5) is 39.1. The SMILES string of the molecule is Cc1ccc([N+](=O)[O-])cc1NC(=O)CSc1nc(N)c(C#N)c(-c2c(=O)o[nH][n+]2C)c1C#N. The first-order valence-corrected chi connectivity index (χ1v) is 10.1. The fraction of sp³-hybridized carbons (Fsp3) is 0.158. The van der Waals surface area contributed by atoms with Gasteiger partial charge in [0.15, 0.2) is 7.05 Å². The number of nitrogens with two attached hydrogens (primary N) is 1. The summed E-state index contributed by atoms with van der Waals surface area (Å²) in [7, 11) is 1.45. The number of non-ortho nitro benzene ring substituents is 1. The van der Waals surface area contributed by atoms with E-state index in [2.05, 4.69) is 15.6 Å². The number of nitrogens with zero attached hydrogens (tertiary/aromatic N) is 5. The van der Waals surface area contributed by atoms with Crippen LogP contribution in [0.25, 0.3) is 11.3 Å². The molecule has 2 heterocycles. The number of amides is 1. The largest absolute Gasteiger partial charge is 0.435 e. The van der Waals surface area contributed by atoms with Gasteiger partial charge in [0.05, 0.1) is 21.9 Å². The van der Waals surface area contributed by atoms with Crippen molar-refractivity contribution in [1.82, 2.24) is 10.3 Å². The molecule has 4 N–H and O–H groups in total. The first kappa shape index (κ1) is 23.0. The lowest BCUT2D eigenvalue weighted by molar-refractivity contribution is -0.730. The van der Waals surface area contributed by atoms with E-state index < -0.39 is 16.5 Å². The molecular formula is C19H15N8O5S+. The van der Waals surface area contributed by atoms with Gasteiger partial charge in [-0.2, -0.15) is 10.5 Å². The van der Waals surface area contributed by atoms with Crippen molar-refractivity contribution in [3.05, 3.63) is 55.4 Å². The van der Waals surface area contributed by atoms with Crippen LogP contribution in [0, 0.1) is 39.7 Å². The lowest BCUT2D eigenvalue weighted by Gasteiger charge is -2.10. The number of H-pyrrole nitrogens is 1. The van der Waals surface area contributed by atoms with E-state index in [-0.39, 0.29) is 50.4 Å². The van der Waals surface area contributed by atoms with E-state index in [1.807, 2.05) is 12.1 Å². The molecule has 1 aromatic carbocycles. The van der Waals surface area contributed by atoms with Gasteiger partial charge in [-0.25, -0.2) is 9.78 Å². The Morgan fingerprint density at radius 1 is 1.39 bits per heavy atom. The Kier molecular flexibility index (Phi) is 6.41. The number of hydrogen-bond acceptors (Lipinski definition) is 10. The van der Waals surface area contributed by atoms with Crippen LogP contribution in [-0.4, -0.2) is 26.8 Å². The number of anilines is 2. The fourth-order valence-electron chi connectivity index (χ4n) is 2.93. The van der Waals surface area contributed by atoms with Gasteiger partial charge in [-0.05, 0) is 17.8 Å². The maximum atomic E-state index is 12.5. The van der Waals surface area contributed by atoms with E-state index in [4.69, 9.17) is 10.3 Å². The molecule has 33 heavy (non-hydrogen) atoms. The summed E-state index contributed by atoms with van der Waals surface area (Å²) >= 11 is 0.851. The Morgan fingerprint density at radius 2 is 2.09 bits per heavy atom. The standard InChI is InChI=1S/C19H14N8O5S/c1-9-3-4-10(27(30)31)5-13(9)23-14(28)8-33-18-12(7-21)15(11(6-20)17(22)24-18)16-19(29)32-25-26(16)2/h3-5H,8H2,1-2H3,(H3-,22,23,24,25,28,29)/p+1. The van der Waals surface area contributed by atoms with Crippen LogP contribution in [0.4, 0.5) is 17.2 Å². The van der Waals surface area contributed by atoms with Crippen molar-refractivity contribution in [1.29, 1.82) is 10.5 Å². The third-order valence-electron chi connectivity index (χ3n) is 4.50. The van der Waals surface area contributed by atoms with Crippen molar-refractivity contribution in [2.24, 2.45) is 7.05 Å². The maximum absolute atomic E-state index is 12.5.